The minimum Gasteiger partial charge on any atom is -0.335 e. The summed E-state index contributed by atoms with van der Waals surface area (Å²) in [6.45, 7) is 7.02. The first kappa shape index (κ1) is 16.7. The Morgan fingerprint density at radius 1 is 1.26 bits per heavy atom. The molecule has 0 spiro atoms. The van der Waals surface area contributed by atoms with Crippen molar-refractivity contribution in [3.63, 3.8) is 0 Å². The van der Waals surface area contributed by atoms with Crippen LogP contribution in [0.25, 0.3) is 0 Å². The van der Waals surface area contributed by atoms with Crippen LogP contribution in [-0.2, 0) is 0 Å². The summed E-state index contributed by atoms with van der Waals surface area (Å²) in [5.41, 5.74) is 1.86. The van der Waals surface area contributed by atoms with Gasteiger partial charge in [0.05, 0.1) is 0 Å². The first-order valence-corrected chi connectivity index (χ1v) is 8.59. The van der Waals surface area contributed by atoms with E-state index in [1.807, 2.05) is 30.0 Å². The molecule has 1 aromatic carbocycles. The first-order valence-electron chi connectivity index (χ1n) is 6.67. The van der Waals surface area contributed by atoms with Crippen molar-refractivity contribution in [2.75, 3.05) is 11.9 Å². The summed E-state index contributed by atoms with van der Waals surface area (Å²) in [5.74, 6) is 0.123. The molecule has 1 aromatic rings. The lowest BCUT2D eigenvalue weighted by atomic mass is 10.1. The highest BCUT2D eigenvalue weighted by Gasteiger charge is 2.22. The minimum atomic E-state index is 0.123. The summed E-state index contributed by atoms with van der Waals surface area (Å²) in [6, 6.07) is 6.18. The highest BCUT2D eigenvalue weighted by molar-refractivity contribution is 9.10. The lowest BCUT2D eigenvalue weighted by molar-refractivity contribution is 0.0683. The topological polar surface area (TPSA) is 20.3 Å². The van der Waals surface area contributed by atoms with Gasteiger partial charge in [0.2, 0.25) is 0 Å². The summed E-state index contributed by atoms with van der Waals surface area (Å²) in [5, 5.41) is 0.808. The number of alkyl halides is 1. The van der Waals surface area contributed by atoms with Crippen LogP contribution in [0.5, 0.6) is 0 Å². The third kappa shape index (κ3) is 4.60. The summed E-state index contributed by atoms with van der Waals surface area (Å²) in [7, 11) is 0. The Balaban J connectivity index is 3.04. The Hall–Kier alpha value is -0.350. The normalized spacial score (nSPS) is 10.8. The van der Waals surface area contributed by atoms with E-state index in [4.69, 9.17) is 0 Å². The SMILES string of the molecule is CCC(CC)N(CCBr)C(=O)c1cc(C)cc(Br)c1. The standard InChI is InChI=1S/C15H21Br2NO/c1-4-14(5-2)18(7-6-16)15(19)12-8-11(3)9-13(17)10-12/h8-10,14H,4-7H2,1-3H3. The molecule has 0 aliphatic rings. The molecular weight excluding hydrogens is 370 g/mol. The average Bonchev–Trinajstić information content (AvgIpc) is 2.37. The van der Waals surface area contributed by atoms with Gasteiger partial charge in [-0.05, 0) is 43.5 Å². The number of nitrogens with zero attached hydrogens (tertiary/aromatic N) is 1. The van der Waals surface area contributed by atoms with Crippen molar-refractivity contribution in [3.05, 3.63) is 33.8 Å². The molecule has 2 nitrogen and oxygen atoms in total. The van der Waals surface area contributed by atoms with Gasteiger partial charge in [0.1, 0.15) is 0 Å². The molecule has 0 aliphatic carbocycles. The maximum Gasteiger partial charge on any atom is 0.254 e. The number of aryl methyl sites for hydroxylation is 1. The van der Waals surface area contributed by atoms with E-state index in [0.717, 1.165) is 40.3 Å². The lowest BCUT2D eigenvalue weighted by Gasteiger charge is -2.30. The molecule has 0 aromatic heterocycles. The van der Waals surface area contributed by atoms with E-state index in [9.17, 15) is 4.79 Å². The molecule has 4 heteroatoms. The van der Waals surface area contributed by atoms with Crippen LogP contribution < -0.4 is 0 Å². The number of halogens is 2. The number of amides is 1. The van der Waals surface area contributed by atoms with Crippen LogP contribution in [0.3, 0.4) is 0 Å². The predicted octanol–water partition coefficient (Wildman–Crippen LogP) is 4.78. The number of carbonyl (C=O) groups excluding carboxylic acids is 1. The highest BCUT2D eigenvalue weighted by atomic mass is 79.9. The fourth-order valence-corrected chi connectivity index (χ4v) is 3.29. The fraction of sp³-hybridized carbons (Fsp3) is 0.533. The smallest absolute Gasteiger partial charge is 0.254 e. The Bertz CT molecular complexity index is 410. The van der Waals surface area contributed by atoms with Crippen molar-refractivity contribution >= 4 is 37.8 Å². The van der Waals surface area contributed by atoms with E-state index in [-0.39, 0.29) is 5.91 Å². The molecule has 0 unspecified atom stereocenters. The van der Waals surface area contributed by atoms with Crippen LogP contribution in [0.15, 0.2) is 22.7 Å². The maximum atomic E-state index is 12.7. The molecular formula is C15H21Br2NO. The van der Waals surface area contributed by atoms with Crippen molar-refractivity contribution in [2.45, 2.75) is 39.7 Å². The molecule has 106 valence electrons. The van der Waals surface area contributed by atoms with Crippen LogP contribution in [0.2, 0.25) is 0 Å². The van der Waals surface area contributed by atoms with Gasteiger partial charge in [-0.2, -0.15) is 0 Å². The maximum absolute atomic E-state index is 12.7. The molecule has 19 heavy (non-hydrogen) atoms. The van der Waals surface area contributed by atoms with Gasteiger partial charge in [-0.1, -0.05) is 45.7 Å². The number of rotatable bonds is 6. The second-order valence-electron chi connectivity index (χ2n) is 4.68. The van der Waals surface area contributed by atoms with Crippen molar-refractivity contribution < 1.29 is 4.79 Å². The molecule has 0 radical (unpaired) electrons. The quantitative estimate of drug-likeness (QED) is 0.639. The second-order valence-corrected chi connectivity index (χ2v) is 6.38. The van der Waals surface area contributed by atoms with Crippen molar-refractivity contribution in [1.29, 1.82) is 0 Å². The van der Waals surface area contributed by atoms with Gasteiger partial charge in [0.15, 0.2) is 0 Å². The number of carbonyl (C=O) groups is 1. The van der Waals surface area contributed by atoms with Crippen LogP contribution >= 0.6 is 31.9 Å². The van der Waals surface area contributed by atoms with E-state index < -0.39 is 0 Å². The fourth-order valence-electron chi connectivity index (χ4n) is 2.30. The number of benzene rings is 1. The molecule has 0 saturated carbocycles. The molecule has 1 amide bonds. The van der Waals surface area contributed by atoms with Crippen molar-refractivity contribution in [3.8, 4) is 0 Å². The zero-order valence-corrected chi connectivity index (χ0v) is 14.9. The van der Waals surface area contributed by atoms with E-state index in [1.54, 1.807) is 0 Å². The third-order valence-electron chi connectivity index (χ3n) is 3.26. The van der Waals surface area contributed by atoms with Gasteiger partial charge in [-0.25, -0.2) is 0 Å². The molecule has 0 saturated heterocycles. The lowest BCUT2D eigenvalue weighted by Crippen LogP contribution is -2.41. The van der Waals surface area contributed by atoms with Crippen LogP contribution in [-0.4, -0.2) is 28.7 Å². The molecule has 0 aliphatic heterocycles. The van der Waals surface area contributed by atoms with Gasteiger partial charge in [0.25, 0.3) is 5.91 Å². The summed E-state index contributed by atoms with van der Waals surface area (Å²) in [4.78, 5) is 14.7. The molecule has 0 atom stereocenters. The Morgan fingerprint density at radius 2 is 1.89 bits per heavy atom. The van der Waals surface area contributed by atoms with Crippen molar-refractivity contribution in [1.82, 2.24) is 4.90 Å². The Morgan fingerprint density at radius 3 is 2.37 bits per heavy atom. The Kier molecular flexibility index (Phi) is 7.08. The molecule has 0 heterocycles. The molecule has 0 fully saturated rings. The van der Waals surface area contributed by atoms with E-state index in [2.05, 4.69) is 45.7 Å². The zero-order chi connectivity index (χ0) is 14.4. The monoisotopic (exact) mass is 389 g/mol. The molecule has 0 bridgehead atoms. The van der Waals surface area contributed by atoms with E-state index >= 15 is 0 Å². The van der Waals surface area contributed by atoms with Gasteiger partial charge in [-0.15, -0.1) is 0 Å². The van der Waals surface area contributed by atoms with E-state index in [0.29, 0.717) is 6.04 Å². The highest BCUT2D eigenvalue weighted by Crippen LogP contribution is 2.19. The first-order chi connectivity index (χ1) is 9.03. The largest absolute Gasteiger partial charge is 0.335 e. The predicted molar refractivity (Wildman–Crippen MR) is 88.1 cm³/mol. The van der Waals surface area contributed by atoms with Gasteiger partial charge in [0, 0.05) is 28.0 Å². The van der Waals surface area contributed by atoms with Gasteiger partial charge < -0.3 is 4.90 Å². The van der Waals surface area contributed by atoms with Crippen LogP contribution in [0, 0.1) is 6.92 Å². The molecule has 0 N–H and O–H groups in total. The summed E-state index contributed by atoms with van der Waals surface area (Å²) >= 11 is 6.90. The number of hydrogen-bond acceptors (Lipinski definition) is 1. The second kappa shape index (κ2) is 8.05. The van der Waals surface area contributed by atoms with E-state index in [1.165, 1.54) is 0 Å². The summed E-state index contributed by atoms with van der Waals surface area (Å²) in [6.07, 6.45) is 1.98. The van der Waals surface area contributed by atoms with Crippen LogP contribution in [0.4, 0.5) is 0 Å². The van der Waals surface area contributed by atoms with Gasteiger partial charge >= 0.3 is 0 Å². The number of hydrogen-bond donors (Lipinski definition) is 0. The average molecular weight is 391 g/mol. The summed E-state index contributed by atoms with van der Waals surface area (Å²) < 4.78 is 0.958. The minimum absolute atomic E-state index is 0.123. The van der Waals surface area contributed by atoms with Crippen molar-refractivity contribution in [2.24, 2.45) is 0 Å². The van der Waals surface area contributed by atoms with Crippen LogP contribution in [0.1, 0.15) is 42.6 Å². The molecule has 1 rings (SSSR count). The third-order valence-corrected chi connectivity index (χ3v) is 4.07. The Labute approximate surface area is 132 Å². The zero-order valence-electron chi connectivity index (χ0n) is 11.7. The van der Waals surface area contributed by atoms with Gasteiger partial charge in [-0.3, -0.25) is 4.79 Å².